The van der Waals surface area contributed by atoms with Gasteiger partial charge in [-0.25, -0.2) is 9.71 Å². The molecular weight excluding hydrogens is 228 g/mol. The fourth-order valence-corrected chi connectivity index (χ4v) is 2.07. The monoisotopic (exact) mass is 242 g/mol. The van der Waals surface area contributed by atoms with Crippen LogP contribution < -0.4 is 4.72 Å². The average molecular weight is 242 g/mol. The van der Waals surface area contributed by atoms with Crippen LogP contribution in [0.3, 0.4) is 0 Å². The van der Waals surface area contributed by atoms with Gasteiger partial charge in [0, 0.05) is 12.6 Å². The Morgan fingerprint density at radius 1 is 1.44 bits per heavy atom. The minimum absolute atomic E-state index is 0.110. The number of nitrogens with one attached hydrogen (secondary N) is 1. The highest BCUT2D eigenvalue weighted by Gasteiger charge is 2.18. The van der Waals surface area contributed by atoms with Gasteiger partial charge in [-0.1, -0.05) is 19.9 Å². The summed E-state index contributed by atoms with van der Waals surface area (Å²) in [5.74, 6) is -0.403. The average Bonchev–Trinajstić information content (AvgIpc) is 2.16. The quantitative estimate of drug-likeness (QED) is 0.852. The number of sulfonamides is 1. The fraction of sp³-hybridized carbons (Fsp3) is 0.400. The molecule has 1 N–H and O–H groups in total. The molecule has 5 nitrogen and oxygen atoms in total. The lowest BCUT2D eigenvalue weighted by atomic mass is 10.1. The van der Waals surface area contributed by atoms with E-state index < -0.39 is 15.9 Å². The predicted octanol–water partition coefficient (Wildman–Crippen LogP) is 0.933. The number of aromatic nitrogens is 1. The van der Waals surface area contributed by atoms with Gasteiger partial charge in [0.2, 0.25) is 5.91 Å². The van der Waals surface area contributed by atoms with Crippen molar-refractivity contribution in [3.63, 3.8) is 0 Å². The number of hydrogen-bond donors (Lipinski definition) is 1. The molecule has 0 saturated carbocycles. The summed E-state index contributed by atoms with van der Waals surface area (Å²) in [6, 6.07) is 4.49. The van der Waals surface area contributed by atoms with E-state index in [0.29, 0.717) is 0 Å². The lowest BCUT2D eigenvalue weighted by Crippen LogP contribution is -2.31. The summed E-state index contributed by atoms with van der Waals surface area (Å²) < 4.78 is 25.2. The van der Waals surface area contributed by atoms with E-state index in [-0.39, 0.29) is 17.4 Å². The van der Waals surface area contributed by atoms with Gasteiger partial charge in [0.05, 0.1) is 0 Å². The molecule has 0 unspecified atom stereocenters. The summed E-state index contributed by atoms with van der Waals surface area (Å²) in [5, 5.41) is -0.146. The SMILES string of the molecule is CC(C)CC(=O)NS(=O)(=O)c1ccccn1. The van der Waals surface area contributed by atoms with E-state index in [1.807, 2.05) is 18.6 Å². The Morgan fingerprint density at radius 3 is 2.62 bits per heavy atom. The van der Waals surface area contributed by atoms with Crippen molar-refractivity contribution in [2.45, 2.75) is 25.3 Å². The molecular formula is C10H14N2O3S. The normalized spacial score (nSPS) is 11.4. The minimum Gasteiger partial charge on any atom is -0.274 e. The van der Waals surface area contributed by atoms with Crippen LogP contribution in [0.25, 0.3) is 0 Å². The molecule has 0 bridgehead atoms. The molecule has 0 radical (unpaired) electrons. The maximum Gasteiger partial charge on any atom is 0.281 e. The Balaban J connectivity index is 2.78. The van der Waals surface area contributed by atoms with Gasteiger partial charge in [0.15, 0.2) is 5.03 Å². The molecule has 0 aromatic carbocycles. The molecule has 1 heterocycles. The second-order valence-corrected chi connectivity index (χ2v) is 5.42. The predicted molar refractivity (Wildman–Crippen MR) is 59.0 cm³/mol. The first kappa shape index (κ1) is 12.6. The maximum absolute atomic E-state index is 11.6. The van der Waals surface area contributed by atoms with Crippen molar-refractivity contribution in [2.24, 2.45) is 5.92 Å². The molecule has 6 heteroatoms. The number of hydrogen-bond acceptors (Lipinski definition) is 4. The summed E-state index contributed by atoms with van der Waals surface area (Å²) in [6.45, 7) is 3.68. The van der Waals surface area contributed by atoms with E-state index in [1.165, 1.54) is 12.3 Å². The molecule has 0 aliphatic rings. The highest BCUT2D eigenvalue weighted by molar-refractivity contribution is 7.90. The van der Waals surface area contributed by atoms with Gasteiger partial charge in [-0.15, -0.1) is 0 Å². The van der Waals surface area contributed by atoms with Crippen LogP contribution in [0.1, 0.15) is 20.3 Å². The maximum atomic E-state index is 11.6. The van der Waals surface area contributed by atoms with Crippen LogP contribution in [0.4, 0.5) is 0 Å². The Hall–Kier alpha value is -1.43. The standard InChI is InChI=1S/C10H14N2O3S/c1-8(2)7-9(13)12-16(14,15)10-5-3-4-6-11-10/h3-6,8H,7H2,1-2H3,(H,12,13). The first-order valence-electron chi connectivity index (χ1n) is 4.88. The van der Waals surface area contributed by atoms with Crippen LogP contribution in [0, 0.1) is 5.92 Å². The van der Waals surface area contributed by atoms with Crippen molar-refractivity contribution in [1.29, 1.82) is 0 Å². The molecule has 0 aliphatic heterocycles. The Morgan fingerprint density at radius 2 is 2.12 bits per heavy atom. The molecule has 0 saturated heterocycles. The molecule has 0 atom stereocenters. The number of carbonyl (C=O) groups is 1. The van der Waals surface area contributed by atoms with Gasteiger partial charge in [0.1, 0.15) is 0 Å². The van der Waals surface area contributed by atoms with Crippen molar-refractivity contribution < 1.29 is 13.2 Å². The van der Waals surface area contributed by atoms with Gasteiger partial charge in [-0.2, -0.15) is 8.42 Å². The molecule has 1 amide bonds. The van der Waals surface area contributed by atoms with Crippen LogP contribution in [-0.2, 0) is 14.8 Å². The summed E-state index contributed by atoms with van der Waals surface area (Å²) in [5.41, 5.74) is 0. The number of amides is 1. The summed E-state index contributed by atoms with van der Waals surface area (Å²) in [7, 11) is -3.82. The summed E-state index contributed by atoms with van der Waals surface area (Å²) in [6.07, 6.45) is 1.54. The molecule has 1 rings (SSSR count). The lowest BCUT2D eigenvalue weighted by Gasteiger charge is -2.07. The van der Waals surface area contributed by atoms with Gasteiger partial charge < -0.3 is 0 Å². The Labute approximate surface area is 94.9 Å². The largest absolute Gasteiger partial charge is 0.281 e. The molecule has 0 fully saturated rings. The first-order valence-corrected chi connectivity index (χ1v) is 6.37. The minimum atomic E-state index is -3.82. The van der Waals surface area contributed by atoms with Crippen LogP contribution >= 0.6 is 0 Å². The van der Waals surface area contributed by atoms with Crippen LogP contribution in [0.5, 0.6) is 0 Å². The van der Waals surface area contributed by atoms with Gasteiger partial charge in [0.25, 0.3) is 10.0 Å². The first-order chi connectivity index (χ1) is 7.42. The van der Waals surface area contributed by atoms with E-state index in [1.54, 1.807) is 12.1 Å². The molecule has 16 heavy (non-hydrogen) atoms. The summed E-state index contributed by atoms with van der Waals surface area (Å²) >= 11 is 0. The van der Waals surface area contributed by atoms with Gasteiger partial charge in [-0.05, 0) is 18.1 Å². The Bertz CT molecular complexity index is 454. The smallest absolute Gasteiger partial charge is 0.274 e. The number of nitrogens with zero attached hydrogens (tertiary/aromatic N) is 1. The molecule has 1 aromatic heterocycles. The van der Waals surface area contributed by atoms with E-state index in [4.69, 9.17) is 0 Å². The fourth-order valence-electron chi connectivity index (χ4n) is 1.12. The van der Waals surface area contributed by atoms with Crippen molar-refractivity contribution in [1.82, 2.24) is 9.71 Å². The number of pyridine rings is 1. The Kier molecular flexibility index (Phi) is 4.00. The van der Waals surface area contributed by atoms with Crippen LogP contribution in [0.15, 0.2) is 29.4 Å². The van der Waals surface area contributed by atoms with Gasteiger partial charge >= 0.3 is 0 Å². The van der Waals surface area contributed by atoms with Crippen molar-refractivity contribution in [2.75, 3.05) is 0 Å². The number of carbonyl (C=O) groups excluding carboxylic acids is 1. The zero-order chi connectivity index (χ0) is 12.2. The zero-order valence-corrected chi connectivity index (χ0v) is 9.99. The third-order valence-corrected chi connectivity index (χ3v) is 3.04. The van der Waals surface area contributed by atoms with E-state index in [0.717, 1.165) is 0 Å². The highest BCUT2D eigenvalue weighted by Crippen LogP contribution is 2.05. The summed E-state index contributed by atoms with van der Waals surface area (Å²) in [4.78, 5) is 15.0. The third-order valence-electron chi connectivity index (χ3n) is 1.75. The van der Waals surface area contributed by atoms with Gasteiger partial charge in [-0.3, -0.25) is 4.79 Å². The highest BCUT2D eigenvalue weighted by atomic mass is 32.2. The van der Waals surface area contributed by atoms with Crippen molar-refractivity contribution >= 4 is 15.9 Å². The van der Waals surface area contributed by atoms with E-state index >= 15 is 0 Å². The lowest BCUT2D eigenvalue weighted by molar-refractivity contribution is -0.120. The second kappa shape index (κ2) is 5.07. The van der Waals surface area contributed by atoms with Crippen LogP contribution in [0.2, 0.25) is 0 Å². The molecule has 1 aromatic rings. The molecule has 0 aliphatic carbocycles. The molecule has 0 spiro atoms. The third kappa shape index (κ3) is 3.62. The second-order valence-electron chi connectivity index (χ2n) is 3.79. The molecule has 88 valence electrons. The van der Waals surface area contributed by atoms with Crippen molar-refractivity contribution in [3.05, 3.63) is 24.4 Å². The topological polar surface area (TPSA) is 76.1 Å². The zero-order valence-electron chi connectivity index (χ0n) is 9.17. The van der Waals surface area contributed by atoms with Crippen molar-refractivity contribution in [3.8, 4) is 0 Å². The van der Waals surface area contributed by atoms with E-state index in [2.05, 4.69) is 4.98 Å². The van der Waals surface area contributed by atoms with Crippen LogP contribution in [-0.4, -0.2) is 19.3 Å². The van der Waals surface area contributed by atoms with E-state index in [9.17, 15) is 13.2 Å². The number of rotatable bonds is 4.